The summed E-state index contributed by atoms with van der Waals surface area (Å²) in [5.74, 6) is -0.557. The van der Waals surface area contributed by atoms with Gasteiger partial charge in [0.15, 0.2) is 0 Å². The molecule has 1 unspecified atom stereocenters. The molecule has 1 fully saturated rings. The molecule has 1 aliphatic rings. The van der Waals surface area contributed by atoms with Gasteiger partial charge in [0.25, 0.3) is 10.0 Å². The minimum Gasteiger partial charge on any atom is -0.391 e. The number of benzene rings is 1. The lowest BCUT2D eigenvalue weighted by molar-refractivity contribution is -0.123. The lowest BCUT2D eigenvalue weighted by Gasteiger charge is -2.16. The fraction of sp³-hybridized carbons (Fsp3) is 0.364. The van der Waals surface area contributed by atoms with E-state index >= 15 is 0 Å². The highest BCUT2D eigenvalue weighted by Gasteiger charge is 2.37. The Morgan fingerprint density at radius 3 is 2.35 bits per heavy atom. The largest absolute Gasteiger partial charge is 0.391 e. The number of hydrogen-bond donors (Lipinski definition) is 1. The normalized spacial score (nSPS) is 20.9. The Balaban J connectivity index is 2.37. The quantitative estimate of drug-likeness (QED) is 0.823. The molecule has 0 bridgehead atoms. The summed E-state index contributed by atoms with van der Waals surface area (Å²) < 4.78 is 24.9. The van der Waals surface area contributed by atoms with Crippen LogP contribution in [0.2, 0.25) is 0 Å². The number of nitrogens with zero attached hydrogens (tertiary/aromatic N) is 1. The highest BCUT2D eigenvalue weighted by atomic mass is 32.2. The SMILES string of the molecule is Cc1ccc(S(=O)(=O)N2CC(O)CC2=O)cc1. The monoisotopic (exact) mass is 255 g/mol. The zero-order valence-corrected chi connectivity index (χ0v) is 10.1. The molecule has 6 heteroatoms. The number of aliphatic hydroxyl groups excluding tert-OH is 1. The second-order valence-electron chi connectivity index (χ2n) is 4.10. The van der Waals surface area contributed by atoms with Crippen LogP contribution >= 0.6 is 0 Å². The first-order valence-electron chi connectivity index (χ1n) is 5.21. The van der Waals surface area contributed by atoms with Crippen molar-refractivity contribution in [3.63, 3.8) is 0 Å². The van der Waals surface area contributed by atoms with Crippen LogP contribution in [0, 0.1) is 6.92 Å². The summed E-state index contributed by atoms with van der Waals surface area (Å²) in [6, 6.07) is 6.26. The lowest BCUT2D eigenvalue weighted by atomic mass is 10.2. The number of aryl methyl sites for hydroxylation is 1. The summed E-state index contributed by atoms with van der Waals surface area (Å²) >= 11 is 0. The van der Waals surface area contributed by atoms with Gasteiger partial charge in [-0.25, -0.2) is 12.7 Å². The standard InChI is InChI=1S/C11H13NO4S/c1-8-2-4-10(5-3-8)17(15,16)12-7-9(13)6-11(12)14/h2-5,9,13H,6-7H2,1H3. The molecule has 17 heavy (non-hydrogen) atoms. The van der Waals surface area contributed by atoms with E-state index in [9.17, 15) is 18.3 Å². The maximum absolute atomic E-state index is 12.1. The van der Waals surface area contributed by atoms with Crippen LogP contribution < -0.4 is 0 Å². The highest BCUT2D eigenvalue weighted by Crippen LogP contribution is 2.22. The molecule has 0 saturated carbocycles. The van der Waals surface area contributed by atoms with E-state index in [1.807, 2.05) is 6.92 Å². The van der Waals surface area contributed by atoms with Crippen molar-refractivity contribution in [3.05, 3.63) is 29.8 Å². The van der Waals surface area contributed by atoms with Gasteiger partial charge in [0.2, 0.25) is 5.91 Å². The molecule has 1 aromatic rings. The molecule has 0 radical (unpaired) electrons. The summed E-state index contributed by atoms with van der Waals surface area (Å²) in [4.78, 5) is 11.5. The molecule has 1 atom stereocenters. The molecule has 1 heterocycles. The Morgan fingerprint density at radius 1 is 1.29 bits per heavy atom. The number of hydrogen-bond acceptors (Lipinski definition) is 4. The van der Waals surface area contributed by atoms with E-state index in [0.717, 1.165) is 9.87 Å². The Labute approximate surface area is 99.7 Å². The van der Waals surface area contributed by atoms with Crippen molar-refractivity contribution in [2.45, 2.75) is 24.3 Å². The smallest absolute Gasteiger partial charge is 0.266 e. The van der Waals surface area contributed by atoms with E-state index in [1.165, 1.54) is 12.1 Å². The number of sulfonamides is 1. The summed E-state index contributed by atoms with van der Waals surface area (Å²) in [5, 5.41) is 9.30. The van der Waals surface area contributed by atoms with Gasteiger partial charge in [-0.2, -0.15) is 0 Å². The average Bonchev–Trinajstić information content (AvgIpc) is 2.59. The van der Waals surface area contributed by atoms with Crippen LogP contribution in [0.3, 0.4) is 0 Å². The van der Waals surface area contributed by atoms with Gasteiger partial charge in [-0.1, -0.05) is 17.7 Å². The van der Waals surface area contributed by atoms with E-state index in [2.05, 4.69) is 0 Å². The van der Waals surface area contributed by atoms with Gasteiger partial charge < -0.3 is 5.11 Å². The van der Waals surface area contributed by atoms with Crippen LogP contribution in [0.15, 0.2) is 29.2 Å². The Hall–Kier alpha value is -1.40. The topological polar surface area (TPSA) is 74.7 Å². The third-order valence-corrected chi connectivity index (χ3v) is 4.47. The first-order chi connectivity index (χ1) is 7.91. The van der Waals surface area contributed by atoms with E-state index in [1.54, 1.807) is 12.1 Å². The molecule has 5 nitrogen and oxygen atoms in total. The van der Waals surface area contributed by atoms with Gasteiger partial charge in [-0.15, -0.1) is 0 Å². The maximum atomic E-state index is 12.1. The van der Waals surface area contributed by atoms with Gasteiger partial charge in [-0.3, -0.25) is 4.79 Å². The number of amides is 1. The van der Waals surface area contributed by atoms with Crippen molar-refractivity contribution < 1.29 is 18.3 Å². The molecular weight excluding hydrogens is 242 g/mol. The van der Waals surface area contributed by atoms with Gasteiger partial charge in [0.05, 0.1) is 24.0 Å². The number of rotatable bonds is 2. The van der Waals surface area contributed by atoms with Crippen molar-refractivity contribution in [2.24, 2.45) is 0 Å². The maximum Gasteiger partial charge on any atom is 0.266 e. The summed E-state index contributed by atoms with van der Waals surface area (Å²) in [7, 11) is -3.81. The molecule has 0 spiro atoms. The molecule has 0 aliphatic carbocycles. The second-order valence-corrected chi connectivity index (χ2v) is 5.96. The van der Waals surface area contributed by atoms with Gasteiger partial charge in [0.1, 0.15) is 0 Å². The molecule has 2 rings (SSSR count). The van der Waals surface area contributed by atoms with Crippen LogP contribution in [-0.4, -0.2) is 36.4 Å². The third kappa shape index (κ3) is 2.18. The third-order valence-electron chi connectivity index (χ3n) is 2.67. The molecule has 1 aliphatic heterocycles. The molecule has 0 aromatic heterocycles. The van der Waals surface area contributed by atoms with Crippen molar-refractivity contribution in [1.82, 2.24) is 4.31 Å². The molecule has 1 amide bonds. The minimum absolute atomic E-state index is 0.0746. The van der Waals surface area contributed by atoms with Gasteiger partial charge >= 0.3 is 0 Å². The Morgan fingerprint density at radius 2 is 1.88 bits per heavy atom. The van der Waals surface area contributed by atoms with E-state index < -0.39 is 22.0 Å². The molecule has 1 saturated heterocycles. The summed E-state index contributed by atoms with van der Waals surface area (Å²) in [6.45, 7) is 1.69. The van der Waals surface area contributed by atoms with Crippen LogP contribution in [0.5, 0.6) is 0 Å². The fourth-order valence-corrected chi connectivity index (χ4v) is 3.18. The highest BCUT2D eigenvalue weighted by molar-refractivity contribution is 7.89. The first kappa shape index (κ1) is 12.1. The van der Waals surface area contributed by atoms with Crippen LogP contribution in [0.25, 0.3) is 0 Å². The van der Waals surface area contributed by atoms with Crippen molar-refractivity contribution in [2.75, 3.05) is 6.54 Å². The van der Waals surface area contributed by atoms with E-state index in [0.29, 0.717) is 0 Å². The predicted octanol–water partition coefficient (Wildman–Crippen LogP) is 0.277. The van der Waals surface area contributed by atoms with Crippen molar-refractivity contribution >= 4 is 15.9 Å². The number of β-amino-alcohol motifs (C(OH)–C–C–N with tert-alkyl or cyclic N) is 1. The van der Waals surface area contributed by atoms with Crippen molar-refractivity contribution in [3.8, 4) is 0 Å². The molecule has 92 valence electrons. The van der Waals surface area contributed by atoms with Crippen LogP contribution in [0.1, 0.15) is 12.0 Å². The van der Waals surface area contributed by atoms with Gasteiger partial charge in [-0.05, 0) is 19.1 Å². The zero-order chi connectivity index (χ0) is 12.6. The van der Waals surface area contributed by atoms with Gasteiger partial charge in [0, 0.05) is 0 Å². The predicted molar refractivity (Wildman–Crippen MR) is 60.7 cm³/mol. The fourth-order valence-electron chi connectivity index (χ4n) is 1.73. The number of carbonyl (C=O) groups is 1. The summed E-state index contributed by atoms with van der Waals surface area (Å²) in [5.41, 5.74) is 0.941. The average molecular weight is 255 g/mol. The molecule has 1 N–H and O–H groups in total. The Kier molecular flexibility index (Phi) is 2.92. The van der Waals surface area contributed by atoms with Crippen LogP contribution in [0.4, 0.5) is 0 Å². The second kappa shape index (κ2) is 4.12. The van der Waals surface area contributed by atoms with E-state index in [4.69, 9.17) is 0 Å². The molecular formula is C11H13NO4S. The zero-order valence-electron chi connectivity index (χ0n) is 9.33. The molecule has 1 aromatic carbocycles. The minimum atomic E-state index is -3.81. The van der Waals surface area contributed by atoms with Crippen molar-refractivity contribution in [1.29, 1.82) is 0 Å². The van der Waals surface area contributed by atoms with E-state index in [-0.39, 0.29) is 17.9 Å². The lowest BCUT2D eigenvalue weighted by Crippen LogP contribution is -2.32. The summed E-state index contributed by atoms with van der Waals surface area (Å²) in [6.07, 6.45) is -1.03. The number of aliphatic hydroxyl groups is 1. The van der Waals surface area contributed by atoms with Crippen LogP contribution in [-0.2, 0) is 14.8 Å². The number of carbonyl (C=O) groups excluding carboxylic acids is 1. The Bertz CT molecular complexity index is 535. The first-order valence-corrected chi connectivity index (χ1v) is 6.65.